The van der Waals surface area contributed by atoms with Crippen LogP contribution in [-0.2, 0) is 6.54 Å². The largest absolute Gasteiger partial charge is 0.374 e. The van der Waals surface area contributed by atoms with Crippen LogP contribution in [0.2, 0.25) is 0 Å². The van der Waals surface area contributed by atoms with E-state index in [0.717, 1.165) is 37.3 Å². The highest BCUT2D eigenvalue weighted by atomic mass is 15.1. The molecule has 0 heterocycles. The van der Waals surface area contributed by atoms with Crippen molar-refractivity contribution in [3.05, 3.63) is 29.3 Å². The molecule has 1 aromatic carbocycles. The van der Waals surface area contributed by atoms with Gasteiger partial charge in [0.2, 0.25) is 0 Å². The minimum Gasteiger partial charge on any atom is -0.374 e. The topological polar surface area (TPSA) is 39.1 Å². The van der Waals surface area contributed by atoms with Gasteiger partial charge in [-0.15, -0.1) is 0 Å². The summed E-state index contributed by atoms with van der Waals surface area (Å²) in [6, 6.07) is 8.53. The van der Waals surface area contributed by atoms with E-state index >= 15 is 0 Å². The number of nitrogens with zero attached hydrogens (tertiary/aromatic N) is 2. The van der Waals surface area contributed by atoms with Gasteiger partial charge in [0.15, 0.2) is 0 Å². The molecule has 0 bridgehead atoms. The van der Waals surface area contributed by atoms with E-state index in [0.29, 0.717) is 0 Å². The lowest BCUT2D eigenvalue weighted by atomic mass is 10.1. The molecule has 0 aliphatic carbocycles. The number of hydrogen-bond donors (Lipinski definition) is 1. The zero-order valence-electron chi connectivity index (χ0n) is 13.1. The zero-order chi connectivity index (χ0) is 14.8. The number of benzene rings is 1. The Kier molecular flexibility index (Phi) is 7.75. The van der Waals surface area contributed by atoms with Crippen molar-refractivity contribution in [2.24, 2.45) is 0 Å². The maximum absolute atomic E-state index is 9.34. The van der Waals surface area contributed by atoms with Crippen molar-refractivity contribution in [1.29, 1.82) is 5.26 Å². The summed E-state index contributed by atoms with van der Waals surface area (Å²) in [4.78, 5) is 2.19. The van der Waals surface area contributed by atoms with Crippen LogP contribution in [0.15, 0.2) is 18.2 Å². The molecule has 1 aromatic rings. The average Bonchev–Trinajstić information content (AvgIpc) is 2.47. The van der Waals surface area contributed by atoms with Crippen molar-refractivity contribution in [2.45, 2.75) is 46.1 Å². The second-order valence-corrected chi connectivity index (χ2v) is 5.27. The molecule has 1 rings (SSSR count). The summed E-state index contributed by atoms with van der Waals surface area (Å²) in [5, 5.41) is 12.7. The molecule has 0 unspecified atom stereocenters. The first-order chi connectivity index (χ1) is 9.72. The quantitative estimate of drug-likeness (QED) is 0.698. The standard InChI is InChI=1S/C17H27N3/c1-4-6-7-11-20(3)17-9-8-15(12-16(17)13-18)14-19-10-5-2/h8-9,12,19H,4-7,10-11,14H2,1-3H3. The molecule has 3 heteroatoms. The average molecular weight is 273 g/mol. The van der Waals surface area contributed by atoms with Gasteiger partial charge < -0.3 is 10.2 Å². The fourth-order valence-electron chi connectivity index (χ4n) is 2.24. The number of nitriles is 1. The van der Waals surface area contributed by atoms with Crippen LogP contribution < -0.4 is 10.2 Å². The highest BCUT2D eigenvalue weighted by Crippen LogP contribution is 2.21. The van der Waals surface area contributed by atoms with Gasteiger partial charge in [0.25, 0.3) is 0 Å². The van der Waals surface area contributed by atoms with Crippen LogP contribution in [0.25, 0.3) is 0 Å². The van der Waals surface area contributed by atoms with E-state index in [-0.39, 0.29) is 0 Å². The van der Waals surface area contributed by atoms with E-state index in [1.54, 1.807) is 0 Å². The van der Waals surface area contributed by atoms with Gasteiger partial charge in [-0.25, -0.2) is 0 Å². The molecular formula is C17H27N3. The van der Waals surface area contributed by atoms with Gasteiger partial charge >= 0.3 is 0 Å². The van der Waals surface area contributed by atoms with E-state index < -0.39 is 0 Å². The lowest BCUT2D eigenvalue weighted by molar-refractivity contribution is 0.675. The highest BCUT2D eigenvalue weighted by Gasteiger charge is 2.08. The van der Waals surface area contributed by atoms with Gasteiger partial charge in [0.05, 0.1) is 11.3 Å². The Balaban J connectivity index is 2.69. The second kappa shape index (κ2) is 9.39. The third kappa shape index (κ3) is 5.22. The lowest BCUT2D eigenvalue weighted by Gasteiger charge is -2.21. The van der Waals surface area contributed by atoms with E-state index in [1.165, 1.54) is 24.8 Å². The van der Waals surface area contributed by atoms with Crippen molar-refractivity contribution < 1.29 is 0 Å². The first-order valence-corrected chi connectivity index (χ1v) is 7.67. The Hall–Kier alpha value is -1.53. The van der Waals surface area contributed by atoms with Gasteiger partial charge in [0, 0.05) is 20.1 Å². The zero-order valence-corrected chi connectivity index (χ0v) is 13.1. The second-order valence-electron chi connectivity index (χ2n) is 5.27. The van der Waals surface area contributed by atoms with E-state index in [1.807, 2.05) is 6.07 Å². The monoisotopic (exact) mass is 273 g/mol. The predicted octanol–water partition coefficient (Wildman–Crippen LogP) is 3.68. The van der Waals surface area contributed by atoms with Gasteiger partial charge in [-0.1, -0.05) is 32.8 Å². The molecule has 0 atom stereocenters. The molecule has 0 radical (unpaired) electrons. The van der Waals surface area contributed by atoms with Gasteiger partial charge in [-0.2, -0.15) is 5.26 Å². The molecule has 0 aromatic heterocycles. The Bertz CT molecular complexity index is 434. The number of anilines is 1. The van der Waals surface area contributed by atoms with E-state index in [9.17, 15) is 5.26 Å². The smallest absolute Gasteiger partial charge is 0.101 e. The van der Waals surface area contributed by atoms with Crippen molar-refractivity contribution in [2.75, 3.05) is 25.0 Å². The number of hydrogen-bond acceptors (Lipinski definition) is 3. The molecule has 0 aliphatic rings. The summed E-state index contributed by atoms with van der Waals surface area (Å²) < 4.78 is 0. The van der Waals surface area contributed by atoms with Crippen molar-refractivity contribution in [1.82, 2.24) is 5.32 Å². The third-order valence-electron chi connectivity index (χ3n) is 3.45. The molecule has 1 N–H and O–H groups in total. The number of nitrogens with one attached hydrogen (secondary N) is 1. The summed E-state index contributed by atoms with van der Waals surface area (Å²) in [5.41, 5.74) is 3.00. The lowest BCUT2D eigenvalue weighted by Crippen LogP contribution is -2.20. The SMILES string of the molecule is CCCCCN(C)c1ccc(CNCCC)cc1C#N. The van der Waals surface area contributed by atoms with Gasteiger partial charge in [0.1, 0.15) is 6.07 Å². The first-order valence-electron chi connectivity index (χ1n) is 7.67. The molecule has 0 saturated heterocycles. The van der Waals surface area contributed by atoms with Crippen LogP contribution in [0, 0.1) is 11.3 Å². The molecule has 0 amide bonds. The summed E-state index contributed by atoms with van der Waals surface area (Å²) in [5.74, 6) is 0. The highest BCUT2D eigenvalue weighted by molar-refractivity contribution is 5.60. The van der Waals surface area contributed by atoms with Crippen LogP contribution in [0.5, 0.6) is 0 Å². The van der Waals surface area contributed by atoms with Crippen molar-refractivity contribution >= 4 is 5.69 Å². The van der Waals surface area contributed by atoms with Crippen LogP contribution in [0.4, 0.5) is 5.69 Å². The van der Waals surface area contributed by atoms with Crippen molar-refractivity contribution in [3.63, 3.8) is 0 Å². The van der Waals surface area contributed by atoms with E-state index in [2.05, 4.69) is 49.3 Å². The van der Waals surface area contributed by atoms with Crippen LogP contribution in [0.1, 0.15) is 50.7 Å². The van der Waals surface area contributed by atoms with Crippen molar-refractivity contribution in [3.8, 4) is 6.07 Å². The van der Waals surface area contributed by atoms with E-state index in [4.69, 9.17) is 0 Å². The van der Waals surface area contributed by atoms with Crippen LogP contribution >= 0.6 is 0 Å². The molecule has 0 spiro atoms. The minimum atomic E-state index is 0.778. The summed E-state index contributed by atoms with van der Waals surface area (Å²) in [6.07, 6.45) is 4.77. The molecular weight excluding hydrogens is 246 g/mol. The van der Waals surface area contributed by atoms with Gasteiger partial charge in [-0.3, -0.25) is 0 Å². The Morgan fingerprint density at radius 2 is 2.00 bits per heavy atom. The summed E-state index contributed by atoms with van der Waals surface area (Å²) in [6.45, 7) is 7.22. The maximum atomic E-state index is 9.34. The van der Waals surface area contributed by atoms with Crippen LogP contribution in [-0.4, -0.2) is 20.1 Å². The fraction of sp³-hybridized carbons (Fsp3) is 0.588. The maximum Gasteiger partial charge on any atom is 0.101 e. The Morgan fingerprint density at radius 3 is 2.65 bits per heavy atom. The first kappa shape index (κ1) is 16.5. The van der Waals surface area contributed by atoms with Crippen LogP contribution in [0.3, 0.4) is 0 Å². The molecule has 3 nitrogen and oxygen atoms in total. The molecule has 110 valence electrons. The Labute approximate surface area is 123 Å². The van der Waals surface area contributed by atoms with Gasteiger partial charge in [-0.05, 0) is 37.1 Å². The minimum absolute atomic E-state index is 0.778. The Morgan fingerprint density at radius 1 is 1.20 bits per heavy atom. The number of unbranched alkanes of at least 4 members (excludes halogenated alkanes) is 2. The summed E-state index contributed by atoms with van der Waals surface area (Å²) >= 11 is 0. The third-order valence-corrected chi connectivity index (χ3v) is 3.45. The molecule has 0 fully saturated rings. The molecule has 0 aliphatic heterocycles. The normalized spacial score (nSPS) is 10.3. The molecule has 0 saturated carbocycles. The fourth-order valence-corrected chi connectivity index (χ4v) is 2.24. The summed E-state index contributed by atoms with van der Waals surface area (Å²) in [7, 11) is 2.07. The number of rotatable bonds is 9. The molecule has 20 heavy (non-hydrogen) atoms. The predicted molar refractivity (Wildman–Crippen MR) is 85.9 cm³/mol.